The van der Waals surface area contributed by atoms with Gasteiger partial charge in [-0.3, -0.25) is 0 Å². The van der Waals surface area contributed by atoms with Gasteiger partial charge in [0.15, 0.2) is 5.88 Å². The molecule has 0 saturated carbocycles. The van der Waals surface area contributed by atoms with Crippen molar-refractivity contribution in [3.63, 3.8) is 0 Å². The van der Waals surface area contributed by atoms with E-state index in [2.05, 4.69) is 0 Å². The van der Waals surface area contributed by atoms with Crippen molar-refractivity contribution in [3.8, 4) is 0 Å². The Kier molecular flexibility index (Phi) is 0.929. The van der Waals surface area contributed by atoms with Gasteiger partial charge in [-0.05, 0) is 12.5 Å². The highest BCUT2D eigenvalue weighted by atomic mass is 16.5. The van der Waals surface area contributed by atoms with Crippen molar-refractivity contribution in [2.45, 2.75) is 13.3 Å². The van der Waals surface area contributed by atoms with Crippen LogP contribution in [0.4, 0.5) is 0 Å². The molecule has 0 aromatic carbocycles. The van der Waals surface area contributed by atoms with Gasteiger partial charge in [0, 0.05) is 6.42 Å². The van der Waals surface area contributed by atoms with Crippen LogP contribution < -0.4 is 5.73 Å². The number of rotatable bonds is 0. The standard InChI is InChI=1S/C5H9NO/c1-4-2-3-7-5(4)6/h2-3,6H2,1H3. The summed E-state index contributed by atoms with van der Waals surface area (Å²) >= 11 is 0. The van der Waals surface area contributed by atoms with Gasteiger partial charge in [0.2, 0.25) is 0 Å². The molecule has 40 valence electrons. The van der Waals surface area contributed by atoms with Gasteiger partial charge in [0.05, 0.1) is 6.61 Å². The third-order valence-electron chi connectivity index (χ3n) is 1.16. The van der Waals surface area contributed by atoms with Crippen LogP contribution in [0.15, 0.2) is 11.5 Å². The van der Waals surface area contributed by atoms with Crippen molar-refractivity contribution >= 4 is 0 Å². The molecule has 7 heavy (non-hydrogen) atoms. The van der Waals surface area contributed by atoms with E-state index in [1.807, 2.05) is 6.92 Å². The van der Waals surface area contributed by atoms with Crippen molar-refractivity contribution in [2.24, 2.45) is 5.73 Å². The van der Waals surface area contributed by atoms with Crippen LogP contribution in [-0.4, -0.2) is 6.61 Å². The largest absolute Gasteiger partial charge is 0.479 e. The molecule has 0 aliphatic carbocycles. The minimum absolute atomic E-state index is 0.625. The van der Waals surface area contributed by atoms with Crippen molar-refractivity contribution in [2.75, 3.05) is 6.61 Å². The van der Waals surface area contributed by atoms with Crippen molar-refractivity contribution in [3.05, 3.63) is 11.5 Å². The Labute approximate surface area is 43.0 Å². The number of hydrogen-bond acceptors (Lipinski definition) is 2. The highest BCUT2D eigenvalue weighted by molar-refractivity contribution is 5.05. The van der Waals surface area contributed by atoms with E-state index in [0.29, 0.717) is 5.88 Å². The maximum absolute atomic E-state index is 5.34. The van der Waals surface area contributed by atoms with E-state index in [-0.39, 0.29) is 0 Å². The van der Waals surface area contributed by atoms with Gasteiger partial charge in [-0.15, -0.1) is 0 Å². The fraction of sp³-hybridized carbons (Fsp3) is 0.600. The van der Waals surface area contributed by atoms with Crippen molar-refractivity contribution in [1.29, 1.82) is 0 Å². The number of ether oxygens (including phenoxy) is 1. The predicted octanol–water partition coefficient (Wildman–Crippen LogP) is 0.597. The van der Waals surface area contributed by atoms with Gasteiger partial charge >= 0.3 is 0 Å². The van der Waals surface area contributed by atoms with Crippen LogP contribution in [0.2, 0.25) is 0 Å². The van der Waals surface area contributed by atoms with Gasteiger partial charge in [0.1, 0.15) is 0 Å². The van der Waals surface area contributed by atoms with Crippen LogP contribution in [0, 0.1) is 0 Å². The van der Waals surface area contributed by atoms with E-state index in [1.165, 1.54) is 5.57 Å². The highest BCUT2D eigenvalue weighted by Gasteiger charge is 2.05. The number of hydrogen-bond donors (Lipinski definition) is 1. The second-order valence-corrected chi connectivity index (χ2v) is 1.74. The molecule has 2 heteroatoms. The predicted molar refractivity (Wildman–Crippen MR) is 27.5 cm³/mol. The van der Waals surface area contributed by atoms with E-state index >= 15 is 0 Å². The molecular weight excluding hydrogens is 90.1 g/mol. The molecule has 0 fully saturated rings. The third-order valence-corrected chi connectivity index (χ3v) is 1.16. The van der Waals surface area contributed by atoms with Crippen LogP contribution in [-0.2, 0) is 4.74 Å². The van der Waals surface area contributed by atoms with Gasteiger partial charge < -0.3 is 10.5 Å². The van der Waals surface area contributed by atoms with E-state index in [1.54, 1.807) is 0 Å². The summed E-state index contributed by atoms with van der Waals surface area (Å²) in [6, 6.07) is 0. The molecule has 0 aromatic rings. The summed E-state index contributed by atoms with van der Waals surface area (Å²) in [4.78, 5) is 0. The second-order valence-electron chi connectivity index (χ2n) is 1.74. The topological polar surface area (TPSA) is 35.2 Å². The number of nitrogens with two attached hydrogens (primary N) is 1. The molecule has 0 amide bonds. The fourth-order valence-electron chi connectivity index (χ4n) is 0.560. The Morgan fingerprint density at radius 1 is 1.71 bits per heavy atom. The molecule has 0 bridgehead atoms. The van der Waals surface area contributed by atoms with Crippen molar-refractivity contribution in [1.82, 2.24) is 0 Å². The molecule has 0 spiro atoms. The first-order valence-corrected chi connectivity index (χ1v) is 2.39. The molecule has 1 aliphatic heterocycles. The van der Waals surface area contributed by atoms with Crippen molar-refractivity contribution < 1.29 is 4.74 Å². The summed E-state index contributed by atoms with van der Waals surface area (Å²) in [6.45, 7) is 2.76. The molecule has 2 nitrogen and oxygen atoms in total. The summed E-state index contributed by atoms with van der Waals surface area (Å²) in [5.74, 6) is 0.625. The van der Waals surface area contributed by atoms with E-state index in [4.69, 9.17) is 10.5 Å². The average molecular weight is 99.1 g/mol. The van der Waals surface area contributed by atoms with Gasteiger partial charge in [-0.25, -0.2) is 0 Å². The normalized spacial score (nSPS) is 20.1. The molecule has 0 atom stereocenters. The summed E-state index contributed by atoms with van der Waals surface area (Å²) in [5.41, 5.74) is 6.52. The van der Waals surface area contributed by atoms with Gasteiger partial charge in [0.25, 0.3) is 0 Å². The van der Waals surface area contributed by atoms with Crippen LogP contribution >= 0.6 is 0 Å². The van der Waals surface area contributed by atoms with Gasteiger partial charge in [-0.1, -0.05) is 0 Å². The molecule has 0 radical (unpaired) electrons. The molecule has 0 saturated heterocycles. The SMILES string of the molecule is CC1=C(N)OCC1. The molecule has 1 heterocycles. The molecule has 1 aliphatic rings. The fourth-order valence-corrected chi connectivity index (χ4v) is 0.560. The van der Waals surface area contributed by atoms with E-state index in [9.17, 15) is 0 Å². The smallest absolute Gasteiger partial charge is 0.182 e. The Morgan fingerprint density at radius 3 is 2.57 bits per heavy atom. The Balaban J connectivity index is 2.64. The maximum Gasteiger partial charge on any atom is 0.182 e. The molecule has 1 rings (SSSR count). The minimum atomic E-state index is 0.625. The first-order chi connectivity index (χ1) is 3.30. The Morgan fingerprint density at radius 2 is 2.43 bits per heavy atom. The summed E-state index contributed by atoms with van der Waals surface area (Å²) in [7, 11) is 0. The molecule has 0 unspecified atom stereocenters. The van der Waals surface area contributed by atoms with Gasteiger partial charge in [-0.2, -0.15) is 0 Å². The average Bonchev–Trinajstić information content (AvgIpc) is 1.91. The lowest BCUT2D eigenvalue weighted by Crippen LogP contribution is -1.96. The third kappa shape index (κ3) is 0.683. The second kappa shape index (κ2) is 1.45. The lowest BCUT2D eigenvalue weighted by atomic mass is 10.3. The van der Waals surface area contributed by atoms with E-state index in [0.717, 1.165) is 13.0 Å². The maximum atomic E-state index is 5.34. The van der Waals surface area contributed by atoms with E-state index < -0.39 is 0 Å². The summed E-state index contributed by atoms with van der Waals surface area (Å²) in [6.07, 6.45) is 1.01. The first-order valence-electron chi connectivity index (χ1n) is 2.39. The quantitative estimate of drug-likeness (QED) is 0.482. The van der Waals surface area contributed by atoms with Crippen LogP contribution in [0.25, 0.3) is 0 Å². The van der Waals surface area contributed by atoms with Crippen LogP contribution in [0.1, 0.15) is 13.3 Å². The minimum Gasteiger partial charge on any atom is -0.479 e. The summed E-state index contributed by atoms with van der Waals surface area (Å²) in [5, 5.41) is 0. The zero-order chi connectivity index (χ0) is 5.28. The molecular formula is C5H9NO. The first kappa shape index (κ1) is 4.50. The molecule has 0 aromatic heterocycles. The van der Waals surface area contributed by atoms with Crippen LogP contribution in [0.3, 0.4) is 0 Å². The lowest BCUT2D eigenvalue weighted by Gasteiger charge is -1.91. The zero-order valence-corrected chi connectivity index (χ0v) is 4.40. The zero-order valence-electron chi connectivity index (χ0n) is 4.40. The lowest BCUT2D eigenvalue weighted by molar-refractivity contribution is 0.242. The monoisotopic (exact) mass is 99.1 g/mol. The Bertz CT molecular complexity index is 94.6. The summed E-state index contributed by atoms with van der Waals surface area (Å²) < 4.78 is 4.92. The van der Waals surface area contributed by atoms with Crippen LogP contribution in [0.5, 0.6) is 0 Å². The molecule has 2 N–H and O–H groups in total. The highest BCUT2D eigenvalue weighted by Crippen LogP contribution is 2.12. The Hall–Kier alpha value is -0.660.